The number of thioether (sulfide) groups is 1. The van der Waals surface area contributed by atoms with Crippen LogP contribution in [0.2, 0.25) is 0 Å². The van der Waals surface area contributed by atoms with Gasteiger partial charge in [0.15, 0.2) is 6.29 Å². The molecule has 1 aliphatic heterocycles. The van der Waals surface area contributed by atoms with Gasteiger partial charge in [-0.1, -0.05) is 37.7 Å². The molecule has 0 aromatic heterocycles. The molecule has 1 aromatic rings. The van der Waals surface area contributed by atoms with Crippen molar-refractivity contribution >= 4 is 40.8 Å². The van der Waals surface area contributed by atoms with Gasteiger partial charge in [-0.15, -0.1) is 0 Å². The number of hydrogen-bond donors (Lipinski definition) is 3. The lowest BCUT2D eigenvalue weighted by Gasteiger charge is -2.41. The van der Waals surface area contributed by atoms with Gasteiger partial charge in [0.1, 0.15) is 29.1 Å². The van der Waals surface area contributed by atoms with Gasteiger partial charge in [-0.05, 0) is 60.1 Å². The second kappa shape index (κ2) is 17.7. The summed E-state index contributed by atoms with van der Waals surface area (Å²) in [7, 11) is 1.58. The summed E-state index contributed by atoms with van der Waals surface area (Å²) < 4.78 is 27.7. The number of carbonyl (C=O) groups is 5. The molecular formula is C33H51N3O10S. The van der Waals surface area contributed by atoms with Crippen LogP contribution in [0.4, 0.5) is 4.79 Å². The van der Waals surface area contributed by atoms with E-state index in [2.05, 4.69) is 16.0 Å². The number of carbonyl (C=O) groups excluding carboxylic acids is 5. The number of esters is 1. The van der Waals surface area contributed by atoms with Crippen molar-refractivity contribution in [1.29, 1.82) is 0 Å². The fraction of sp³-hybridized carbons (Fsp3) is 0.667. The van der Waals surface area contributed by atoms with E-state index in [1.807, 2.05) is 26.0 Å². The Kier molecular flexibility index (Phi) is 15.0. The normalized spacial score (nSPS) is 18.3. The second-order valence-electron chi connectivity index (χ2n) is 13.8. The predicted octanol–water partition coefficient (Wildman–Crippen LogP) is 4.03. The van der Waals surface area contributed by atoms with Crippen LogP contribution in [0.15, 0.2) is 24.3 Å². The maximum absolute atomic E-state index is 13.0. The van der Waals surface area contributed by atoms with Crippen LogP contribution in [-0.4, -0.2) is 84.9 Å². The van der Waals surface area contributed by atoms with Crippen LogP contribution in [0.1, 0.15) is 86.5 Å². The third-order valence-corrected chi connectivity index (χ3v) is 7.53. The first-order valence-corrected chi connectivity index (χ1v) is 16.6. The summed E-state index contributed by atoms with van der Waals surface area (Å²) in [6.45, 7) is 14.6. The summed E-state index contributed by atoms with van der Waals surface area (Å²) in [5, 5.41) is 7.65. The molecule has 0 aliphatic carbocycles. The lowest BCUT2D eigenvalue weighted by Crippen LogP contribution is -2.52. The van der Waals surface area contributed by atoms with Gasteiger partial charge in [0.25, 0.3) is 0 Å². The Morgan fingerprint density at radius 2 is 1.57 bits per heavy atom. The Hall–Kier alpha value is -3.36. The maximum Gasteiger partial charge on any atom is 0.408 e. The Balaban J connectivity index is 1.80. The highest BCUT2D eigenvalue weighted by Crippen LogP contribution is 2.37. The van der Waals surface area contributed by atoms with Crippen molar-refractivity contribution in [3.05, 3.63) is 29.8 Å². The van der Waals surface area contributed by atoms with Crippen LogP contribution < -0.4 is 20.7 Å². The molecular weight excluding hydrogens is 630 g/mol. The Labute approximate surface area is 281 Å². The van der Waals surface area contributed by atoms with E-state index in [9.17, 15) is 24.0 Å². The molecule has 1 heterocycles. The number of benzene rings is 1. The van der Waals surface area contributed by atoms with E-state index >= 15 is 0 Å². The molecule has 3 atom stereocenters. The molecule has 2 rings (SSSR count). The lowest BCUT2D eigenvalue weighted by atomic mass is 9.85. The monoisotopic (exact) mass is 681 g/mol. The maximum atomic E-state index is 13.0. The van der Waals surface area contributed by atoms with Gasteiger partial charge in [-0.3, -0.25) is 19.2 Å². The first-order valence-electron chi connectivity index (χ1n) is 15.6. The molecule has 0 saturated carbocycles. The van der Waals surface area contributed by atoms with Crippen molar-refractivity contribution in [2.45, 2.75) is 104 Å². The highest BCUT2D eigenvalue weighted by Gasteiger charge is 2.43. The van der Waals surface area contributed by atoms with E-state index in [0.29, 0.717) is 12.4 Å². The van der Waals surface area contributed by atoms with Crippen LogP contribution in [0.3, 0.4) is 0 Å². The number of rotatable bonds is 14. The Morgan fingerprint density at radius 3 is 2.17 bits per heavy atom. The van der Waals surface area contributed by atoms with Crippen LogP contribution in [0.25, 0.3) is 0 Å². The van der Waals surface area contributed by atoms with Gasteiger partial charge in [-0.2, -0.15) is 0 Å². The average Bonchev–Trinajstić information content (AvgIpc) is 2.95. The number of amides is 3. The highest BCUT2D eigenvalue weighted by atomic mass is 32.2. The van der Waals surface area contributed by atoms with Crippen molar-refractivity contribution < 1.29 is 47.7 Å². The van der Waals surface area contributed by atoms with Crippen molar-refractivity contribution in [2.75, 3.05) is 32.6 Å². The van der Waals surface area contributed by atoms with Crippen LogP contribution in [0.5, 0.6) is 5.75 Å². The first-order chi connectivity index (χ1) is 21.8. The molecule has 0 spiro atoms. The van der Waals surface area contributed by atoms with Gasteiger partial charge in [0, 0.05) is 42.7 Å². The molecule has 0 radical (unpaired) electrons. The quantitative estimate of drug-likeness (QED) is 0.192. The standard InChI is InChI=1S/C33H51N3O10S/c1-31(2,3)45-25(38)15-14-23(36-30(41)46-32(4,5)6)28(40)47-19-18-34-24(37)16-17-35-27(39)26-33(7,8)20-43-29(44-26)21-10-12-22(42-9)13-11-21/h10-13,23,26,29H,14-20H2,1-9H3,(H,34,37)(H,35,39)(H,36,41)/t23-,26-,29?/m0/s1. The number of methoxy groups -OCH3 is 1. The average molecular weight is 682 g/mol. The minimum atomic E-state index is -0.991. The molecule has 1 aliphatic rings. The zero-order valence-corrected chi connectivity index (χ0v) is 29.8. The fourth-order valence-corrected chi connectivity index (χ4v) is 5.13. The van der Waals surface area contributed by atoms with Crippen LogP contribution in [0, 0.1) is 5.41 Å². The van der Waals surface area contributed by atoms with E-state index in [1.54, 1.807) is 60.8 Å². The van der Waals surface area contributed by atoms with E-state index in [0.717, 1.165) is 17.3 Å². The number of ether oxygens (including phenoxy) is 5. The molecule has 3 amide bonds. The van der Waals surface area contributed by atoms with Crippen molar-refractivity contribution in [3.8, 4) is 5.75 Å². The number of alkyl carbamates (subject to hydrolysis) is 1. The molecule has 47 heavy (non-hydrogen) atoms. The van der Waals surface area contributed by atoms with Gasteiger partial charge in [-0.25, -0.2) is 4.79 Å². The zero-order valence-electron chi connectivity index (χ0n) is 29.0. The SMILES string of the molecule is COc1ccc(C2OCC(C)(C)[C@H](C(=O)NCCC(=O)NCCSC(=O)[C@H](CCC(=O)OC(C)(C)C)NC(=O)OC(C)(C)C)O2)cc1. The first kappa shape index (κ1) is 39.8. The molecule has 13 nitrogen and oxygen atoms in total. The van der Waals surface area contributed by atoms with Crippen LogP contribution in [-0.2, 0) is 38.1 Å². The Morgan fingerprint density at radius 1 is 0.936 bits per heavy atom. The molecule has 3 N–H and O–H groups in total. The third kappa shape index (κ3) is 14.9. The summed E-state index contributed by atoms with van der Waals surface area (Å²) in [4.78, 5) is 62.9. The van der Waals surface area contributed by atoms with E-state index in [1.165, 1.54) is 0 Å². The molecule has 0 bridgehead atoms. The van der Waals surface area contributed by atoms with Gasteiger partial charge in [0.2, 0.25) is 16.9 Å². The molecule has 1 saturated heterocycles. The highest BCUT2D eigenvalue weighted by molar-refractivity contribution is 8.13. The molecule has 264 valence electrons. The molecule has 1 aromatic carbocycles. The van der Waals surface area contributed by atoms with E-state index < -0.39 is 47.1 Å². The topological polar surface area (TPSA) is 168 Å². The number of nitrogens with one attached hydrogen (secondary N) is 3. The van der Waals surface area contributed by atoms with Gasteiger partial charge >= 0.3 is 12.1 Å². The second-order valence-corrected chi connectivity index (χ2v) is 14.9. The zero-order chi connectivity index (χ0) is 35.4. The fourth-order valence-electron chi connectivity index (χ4n) is 4.34. The largest absolute Gasteiger partial charge is 0.497 e. The van der Waals surface area contributed by atoms with E-state index in [-0.39, 0.29) is 55.0 Å². The van der Waals surface area contributed by atoms with Gasteiger partial charge in [0.05, 0.1) is 13.7 Å². The molecule has 14 heteroatoms. The van der Waals surface area contributed by atoms with Crippen molar-refractivity contribution in [3.63, 3.8) is 0 Å². The van der Waals surface area contributed by atoms with Crippen molar-refractivity contribution in [2.24, 2.45) is 5.41 Å². The summed E-state index contributed by atoms with van der Waals surface area (Å²) in [6.07, 6.45) is -2.32. The molecule has 1 fully saturated rings. The minimum Gasteiger partial charge on any atom is -0.497 e. The summed E-state index contributed by atoms with van der Waals surface area (Å²) in [5.41, 5.74) is -1.29. The molecule has 1 unspecified atom stereocenters. The van der Waals surface area contributed by atoms with Crippen LogP contribution >= 0.6 is 11.8 Å². The summed E-state index contributed by atoms with van der Waals surface area (Å²) in [6, 6.07) is 6.21. The summed E-state index contributed by atoms with van der Waals surface area (Å²) in [5.74, 6) is -0.227. The third-order valence-electron chi connectivity index (χ3n) is 6.55. The smallest absolute Gasteiger partial charge is 0.408 e. The lowest BCUT2D eigenvalue weighted by molar-refractivity contribution is -0.258. The van der Waals surface area contributed by atoms with Crippen molar-refractivity contribution in [1.82, 2.24) is 16.0 Å². The minimum absolute atomic E-state index is 0.0224. The van der Waals surface area contributed by atoms with Gasteiger partial charge < -0.3 is 39.6 Å². The Bertz CT molecular complexity index is 1220. The summed E-state index contributed by atoms with van der Waals surface area (Å²) >= 11 is 0.918. The number of hydrogen-bond acceptors (Lipinski definition) is 11. The predicted molar refractivity (Wildman–Crippen MR) is 177 cm³/mol. The van der Waals surface area contributed by atoms with E-state index in [4.69, 9.17) is 23.7 Å².